The highest BCUT2D eigenvalue weighted by atomic mass is 19.1. The Morgan fingerprint density at radius 2 is 2.11 bits per heavy atom. The van der Waals surface area contributed by atoms with Crippen LogP contribution in [0.5, 0.6) is 0 Å². The van der Waals surface area contributed by atoms with E-state index in [1.54, 1.807) is 13.0 Å². The van der Waals surface area contributed by atoms with Gasteiger partial charge in [0.25, 0.3) is 0 Å². The molecule has 0 bridgehead atoms. The first-order valence-electron chi connectivity index (χ1n) is 6.35. The summed E-state index contributed by atoms with van der Waals surface area (Å²) in [4.78, 5) is 1.98. The summed E-state index contributed by atoms with van der Waals surface area (Å²) in [6.07, 6.45) is 0.362. The van der Waals surface area contributed by atoms with Gasteiger partial charge in [-0.05, 0) is 38.1 Å². The van der Waals surface area contributed by atoms with E-state index in [1.165, 1.54) is 12.1 Å². The van der Waals surface area contributed by atoms with Gasteiger partial charge in [0.2, 0.25) is 0 Å². The van der Waals surface area contributed by atoms with E-state index in [4.69, 9.17) is 5.73 Å². The molecule has 1 aromatic rings. The lowest BCUT2D eigenvalue weighted by molar-refractivity contribution is 0.107. The molecule has 0 spiro atoms. The number of hydrogen-bond acceptors (Lipinski definition) is 3. The second kappa shape index (κ2) is 6.83. The van der Waals surface area contributed by atoms with E-state index < -0.39 is 6.10 Å². The van der Waals surface area contributed by atoms with Gasteiger partial charge in [-0.3, -0.25) is 4.90 Å². The molecule has 1 rings (SSSR count). The van der Waals surface area contributed by atoms with Crippen LogP contribution in [0.25, 0.3) is 0 Å². The quantitative estimate of drug-likeness (QED) is 0.815. The van der Waals surface area contributed by atoms with Crippen molar-refractivity contribution >= 4 is 0 Å². The molecule has 0 aromatic heterocycles. The number of likely N-dealkylation sites (N-methyl/N-ethyl adjacent to an activating group) is 1. The standard InChI is InChI=1S/C14H23FN2O/c1-4-13(16)14(17(3)9-10(2)18)11-6-5-7-12(15)8-11/h5-8,10,13-14,18H,4,9,16H2,1-3H3. The van der Waals surface area contributed by atoms with Crippen molar-refractivity contribution in [2.45, 2.75) is 38.5 Å². The Kier molecular flexibility index (Phi) is 5.72. The van der Waals surface area contributed by atoms with Crippen molar-refractivity contribution in [3.8, 4) is 0 Å². The number of halogens is 1. The van der Waals surface area contributed by atoms with Crippen molar-refractivity contribution in [3.05, 3.63) is 35.6 Å². The summed E-state index contributed by atoms with van der Waals surface area (Å²) in [5, 5.41) is 9.47. The number of hydrogen-bond donors (Lipinski definition) is 2. The molecule has 1 aromatic carbocycles. The molecule has 102 valence electrons. The summed E-state index contributed by atoms with van der Waals surface area (Å²) in [6.45, 7) is 4.25. The maximum absolute atomic E-state index is 13.3. The van der Waals surface area contributed by atoms with Crippen LogP contribution in [-0.2, 0) is 0 Å². The highest BCUT2D eigenvalue weighted by molar-refractivity contribution is 5.21. The normalized spacial score (nSPS) is 16.6. The summed E-state index contributed by atoms with van der Waals surface area (Å²) in [5.41, 5.74) is 6.98. The number of nitrogens with zero attached hydrogens (tertiary/aromatic N) is 1. The van der Waals surface area contributed by atoms with Crippen molar-refractivity contribution in [2.75, 3.05) is 13.6 Å². The molecule has 0 fully saturated rings. The fourth-order valence-electron chi connectivity index (χ4n) is 2.27. The van der Waals surface area contributed by atoms with Crippen molar-refractivity contribution in [2.24, 2.45) is 5.73 Å². The van der Waals surface area contributed by atoms with Gasteiger partial charge in [0.05, 0.1) is 6.10 Å². The average molecular weight is 254 g/mol. The smallest absolute Gasteiger partial charge is 0.123 e. The zero-order valence-corrected chi connectivity index (χ0v) is 11.3. The molecule has 18 heavy (non-hydrogen) atoms. The summed E-state index contributed by atoms with van der Waals surface area (Å²) >= 11 is 0. The Morgan fingerprint density at radius 3 is 2.61 bits per heavy atom. The van der Waals surface area contributed by atoms with Gasteiger partial charge in [-0.15, -0.1) is 0 Å². The minimum atomic E-state index is -0.435. The van der Waals surface area contributed by atoms with Crippen LogP contribution in [-0.4, -0.2) is 35.7 Å². The van der Waals surface area contributed by atoms with Gasteiger partial charge < -0.3 is 10.8 Å². The second-order valence-corrected chi connectivity index (χ2v) is 4.86. The number of aliphatic hydroxyl groups excluding tert-OH is 1. The SMILES string of the molecule is CCC(N)C(c1cccc(F)c1)N(C)CC(C)O. The summed E-state index contributed by atoms with van der Waals surface area (Å²) in [5.74, 6) is -0.258. The molecule has 3 nitrogen and oxygen atoms in total. The third kappa shape index (κ3) is 4.05. The van der Waals surface area contributed by atoms with Gasteiger partial charge in [0.1, 0.15) is 5.82 Å². The molecular weight excluding hydrogens is 231 g/mol. The summed E-state index contributed by atoms with van der Waals surface area (Å²) in [7, 11) is 1.90. The van der Waals surface area contributed by atoms with Crippen LogP contribution in [0.3, 0.4) is 0 Å². The topological polar surface area (TPSA) is 49.5 Å². The van der Waals surface area contributed by atoms with Gasteiger partial charge in [0, 0.05) is 18.6 Å². The van der Waals surface area contributed by atoms with E-state index in [9.17, 15) is 9.50 Å². The molecule has 0 saturated heterocycles. The van der Waals surface area contributed by atoms with E-state index in [1.807, 2.05) is 24.9 Å². The first-order chi connectivity index (χ1) is 8.45. The molecule has 0 radical (unpaired) electrons. The summed E-state index contributed by atoms with van der Waals surface area (Å²) < 4.78 is 13.3. The third-order valence-electron chi connectivity index (χ3n) is 3.09. The van der Waals surface area contributed by atoms with Gasteiger partial charge in [0.15, 0.2) is 0 Å². The lowest BCUT2D eigenvalue weighted by Gasteiger charge is -2.33. The third-order valence-corrected chi connectivity index (χ3v) is 3.09. The molecular formula is C14H23FN2O. The Balaban J connectivity index is 2.97. The van der Waals surface area contributed by atoms with Gasteiger partial charge >= 0.3 is 0 Å². The van der Waals surface area contributed by atoms with Crippen molar-refractivity contribution in [1.29, 1.82) is 0 Å². The van der Waals surface area contributed by atoms with Crippen LogP contribution >= 0.6 is 0 Å². The number of rotatable bonds is 6. The Labute approximate surface area is 108 Å². The van der Waals surface area contributed by atoms with Gasteiger partial charge in [-0.25, -0.2) is 4.39 Å². The zero-order chi connectivity index (χ0) is 13.7. The first kappa shape index (κ1) is 15.1. The highest BCUT2D eigenvalue weighted by Crippen LogP contribution is 2.24. The molecule has 0 aliphatic rings. The molecule has 3 N–H and O–H groups in total. The van der Waals surface area contributed by atoms with E-state index in [0.29, 0.717) is 6.54 Å². The van der Waals surface area contributed by atoms with Crippen LogP contribution in [0.15, 0.2) is 24.3 Å². The molecule has 0 saturated carbocycles. The minimum absolute atomic E-state index is 0.0831. The predicted molar refractivity (Wildman–Crippen MR) is 71.7 cm³/mol. The predicted octanol–water partition coefficient (Wildman–Crippen LogP) is 1.92. The van der Waals surface area contributed by atoms with Gasteiger partial charge in [-0.1, -0.05) is 19.1 Å². The van der Waals surface area contributed by atoms with Crippen LogP contribution < -0.4 is 5.73 Å². The lowest BCUT2D eigenvalue weighted by atomic mass is 9.96. The number of benzene rings is 1. The van der Waals surface area contributed by atoms with E-state index >= 15 is 0 Å². The lowest BCUT2D eigenvalue weighted by Crippen LogP contribution is -2.41. The molecule has 0 amide bonds. The maximum atomic E-state index is 13.3. The maximum Gasteiger partial charge on any atom is 0.123 e. The molecule has 0 aliphatic carbocycles. The van der Waals surface area contributed by atoms with E-state index in [0.717, 1.165) is 12.0 Å². The molecule has 3 atom stereocenters. The van der Waals surface area contributed by atoms with Crippen LogP contribution in [0.2, 0.25) is 0 Å². The average Bonchev–Trinajstić information content (AvgIpc) is 2.28. The highest BCUT2D eigenvalue weighted by Gasteiger charge is 2.24. The second-order valence-electron chi connectivity index (χ2n) is 4.86. The van der Waals surface area contributed by atoms with Crippen molar-refractivity contribution in [3.63, 3.8) is 0 Å². The zero-order valence-electron chi connectivity index (χ0n) is 11.3. The number of aliphatic hydroxyl groups is 1. The summed E-state index contributed by atoms with van der Waals surface area (Å²) in [6, 6.07) is 6.33. The van der Waals surface area contributed by atoms with Crippen LogP contribution in [0, 0.1) is 5.82 Å². The van der Waals surface area contributed by atoms with E-state index in [-0.39, 0.29) is 17.9 Å². The monoisotopic (exact) mass is 254 g/mol. The largest absolute Gasteiger partial charge is 0.392 e. The Morgan fingerprint density at radius 1 is 1.44 bits per heavy atom. The van der Waals surface area contributed by atoms with Gasteiger partial charge in [-0.2, -0.15) is 0 Å². The molecule has 0 heterocycles. The fraction of sp³-hybridized carbons (Fsp3) is 0.571. The Bertz CT molecular complexity index is 371. The molecule has 3 unspecified atom stereocenters. The van der Waals surface area contributed by atoms with Crippen LogP contribution in [0.1, 0.15) is 31.9 Å². The minimum Gasteiger partial charge on any atom is -0.392 e. The van der Waals surface area contributed by atoms with Crippen molar-refractivity contribution < 1.29 is 9.50 Å². The van der Waals surface area contributed by atoms with Crippen LogP contribution in [0.4, 0.5) is 4.39 Å². The van der Waals surface area contributed by atoms with E-state index in [2.05, 4.69) is 0 Å². The van der Waals surface area contributed by atoms with Crippen molar-refractivity contribution in [1.82, 2.24) is 4.90 Å². The molecule has 4 heteroatoms. The number of nitrogens with two attached hydrogens (primary N) is 1. The molecule has 0 aliphatic heterocycles. The first-order valence-corrected chi connectivity index (χ1v) is 6.35. The fourth-order valence-corrected chi connectivity index (χ4v) is 2.27. The Hall–Kier alpha value is -0.970.